The Hall–Kier alpha value is -3.19. The molecule has 0 unspecified atom stereocenters. The molecule has 1 aromatic carbocycles. The summed E-state index contributed by atoms with van der Waals surface area (Å²) in [6, 6.07) is 12.6. The van der Waals surface area contributed by atoms with Crippen molar-refractivity contribution in [3.8, 4) is 11.3 Å². The molecule has 0 spiro atoms. The SMILES string of the molecule is NC(=O)c1c(Cl)c(-c2ccccc2)n2c1CN(C(=O)Nc1ccco1)CC2. The summed E-state index contributed by atoms with van der Waals surface area (Å²) >= 11 is 6.54. The largest absolute Gasteiger partial charge is 0.449 e. The summed E-state index contributed by atoms with van der Waals surface area (Å²) in [5, 5.41) is 3.00. The van der Waals surface area contributed by atoms with Crippen LogP contribution < -0.4 is 11.1 Å². The zero-order valence-electron chi connectivity index (χ0n) is 14.3. The van der Waals surface area contributed by atoms with Gasteiger partial charge in [0.15, 0.2) is 0 Å². The van der Waals surface area contributed by atoms with Gasteiger partial charge in [0, 0.05) is 19.2 Å². The van der Waals surface area contributed by atoms with Crippen LogP contribution in [0.2, 0.25) is 5.02 Å². The van der Waals surface area contributed by atoms with Crippen molar-refractivity contribution in [2.75, 3.05) is 11.9 Å². The van der Waals surface area contributed by atoms with Gasteiger partial charge in [-0.25, -0.2) is 4.79 Å². The number of hydrogen-bond acceptors (Lipinski definition) is 3. The van der Waals surface area contributed by atoms with Crippen LogP contribution in [-0.2, 0) is 13.1 Å². The van der Waals surface area contributed by atoms with E-state index in [0.29, 0.717) is 29.7 Å². The molecule has 3 amide bonds. The molecule has 138 valence electrons. The molecule has 0 radical (unpaired) electrons. The second kappa shape index (κ2) is 6.85. The Kier molecular flexibility index (Phi) is 4.37. The zero-order valence-corrected chi connectivity index (χ0v) is 15.1. The maximum Gasteiger partial charge on any atom is 0.324 e. The topological polar surface area (TPSA) is 93.5 Å². The molecule has 0 fully saturated rings. The van der Waals surface area contributed by atoms with Crippen LogP contribution in [0, 0.1) is 0 Å². The van der Waals surface area contributed by atoms with Gasteiger partial charge in [0.25, 0.3) is 5.91 Å². The first-order chi connectivity index (χ1) is 13.1. The van der Waals surface area contributed by atoms with E-state index in [4.69, 9.17) is 21.8 Å². The number of fused-ring (bicyclic) bond motifs is 1. The summed E-state index contributed by atoms with van der Waals surface area (Å²) in [5.74, 6) is -0.252. The van der Waals surface area contributed by atoms with Crippen molar-refractivity contribution < 1.29 is 14.0 Å². The van der Waals surface area contributed by atoms with Crippen molar-refractivity contribution in [1.29, 1.82) is 0 Å². The Bertz CT molecular complexity index is 996. The van der Waals surface area contributed by atoms with Crippen LogP contribution in [0.4, 0.5) is 10.7 Å². The van der Waals surface area contributed by atoms with E-state index in [-0.39, 0.29) is 18.1 Å². The van der Waals surface area contributed by atoms with Crippen LogP contribution in [0.5, 0.6) is 0 Å². The van der Waals surface area contributed by atoms with Crippen LogP contribution in [0.1, 0.15) is 16.1 Å². The fraction of sp³-hybridized carbons (Fsp3) is 0.158. The number of furan rings is 1. The van der Waals surface area contributed by atoms with Gasteiger partial charge in [0.05, 0.1) is 34.8 Å². The summed E-state index contributed by atoms with van der Waals surface area (Å²) in [4.78, 5) is 26.2. The zero-order chi connectivity index (χ0) is 19.0. The van der Waals surface area contributed by atoms with Crippen LogP contribution in [0.15, 0.2) is 53.1 Å². The summed E-state index contributed by atoms with van der Waals surface area (Å²) in [6.07, 6.45) is 1.48. The van der Waals surface area contributed by atoms with Gasteiger partial charge in [-0.2, -0.15) is 0 Å². The molecule has 0 atom stereocenters. The first-order valence-corrected chi connectivity index (χ1v) is 8.79. The number of hydrogen-bond donors (Lipinski definition) is 2. The Morgan fingerprint density at radius 1 is 1.11 bits per heavy atom. The minimum Gasteiger partial charge on any atom is -0.449 e. The summed E-state index contributed by atoms with van der Waals surface area (Å²) in [7, 11) is 0. The second-order valence-corrected chi connectivity index (χ2v) is 6.57. The molecule has 0 aliphatic carbocycles. The van der Waals surface area contributed by atoms with E-state index in [9.17, 15) is 9.59 Å². The second-order valence-electron chi connectivity index (χ2n) is 6.20. The lowest BCUT2D eigenvalue weighted by Gasteiger charge is -2.29. The van der Waals surface area contributed by atoms with Gasteiger partial charge < -0.3 is 19.6 Å². The monoisotopic (exact) mass is 384 g/mol. The third-order valence-electron chi connectivity index (χ3n) is 4.58. The molecule has 4 rings (SSSR count). The fourth-order valence-electron chi connectivity index (χ4n) is 3.36. The minimum atomic E-state index is -0.612. The number of nitrogens with zero attached hydrogens (tertiary/aromatic N) is 2. The first-order valence-electron chi connectivity index (χ1n) is 8.41. The third kappa shape index (κ3) is 3.06. The van der Waals surface area contributed by atoms with Gasteiger partial charge in [-0.15, -0.1) is 0 Å². The highest BCUT2D eigenvalue weighted by molar-refractivity contribution is 6.36. The summed E-state index contributed by atoms with van der Waals surface area (Å²) in [5.41, 5.74) is 8.11. The van der Waals surface area contributed by atoms with E-state index in [1.165, 1.54) is 6.26 Å². The molecule has 0 saturated heterocycles. The minimum absolute atomic E-state index is 0.220. The molecule has 8 heteroatoms. The van der Waals surface area contributed by atoms with Gasteiger partial charge >= 0.3 is 6.03 Å². The summed E-state index contributed by atoms with van der Waals surface area (Å²) < 4.78 is 7.12. The number of carbonyl (C=O) groups is 2. The molecule has 0 saturated carbocycles. The molecular formula is C19H17ClN4O3. The number of amides is 3. The van der Waals surface area contributed by atoms with E-state index < -0.39 is 5.91 Å². The van der Waals surface area contributed by atoms with E-state index in [0.717, 1.165) is 11.3 Å². The highest BCUT2D eigenvalue weighted by Crippen LogP contribution is 2.37. The number of nitrogens with two attached hydrogens (primary N) is 1. The molecule has 2 aromatic heterocycles. The van der Waals surface area contributed by atoms with E-state index >= 15 is 0 Å². The van der Waals surface area contributed by atoms with Crippen LogP contribution >= 0.6 is 11.6 Å². The van der Waals surface area contributed by atoms with Crippen molar-refractivity contribution in [2.24, 2.45) is 5.73 Å². The molecule has 27 heavy (non-hydrogen) atoms. The highest BCUT2D eigenvalue weighted by Gasteiger charge is 2.31. The first kappa shape index (κ1) is 17.2. The fourth-order valence-corrected chi connectivity index (χ4v) is 3.77. The van der Waals surface area contributed by atoms with Crippen molar-refractivity contribution in [3.63, 3.8) is 0 Å². The van der Waals surface area contributed by atoms with Gasteiger partial charge in [-0.1, -0.05) is 41.9 Å². The molecule has 0 bridgehead atoms. The Balaban J connectivity index is 1.70. The van der Waals surface area contributed by atoms with Gasteiger partial charge in [0.1, 0.15) is 0 Å². The molecule has 1 aliphatic rings. The third-order valence-corrected chi connectivity index (χ3v) is 4.95. The number of nitrogens with one attached hydrogen (secondary N) is 1. The Labute approximate surface area is 160 Å². The number of benzene rings is 1. The quantitative estimate of drug-likeness (QED) is 0.723. The molecule has 7 nitrogen and oxygen atoms in total. The van der Waals surface area contributed by atoms with Gasteiger partial charge in [-0.05, 0) is 11.6 Å². The van der Waals surface area contributed by atoms with Crippen molar-refractivity contribution in [3.05, 3.63) is 65.0 Å². The number of urea groups is 1. The predicted octanol–water partition coefficient (Wildman–Crippen LogP) is 3.55. The Morgan fingerprint density at radius 2 is 1.89 bits per heavy atom. The van der Waals surface area contributed by atoms with Crippen molar-refractivity contribution in [2.45, 2.75) is 13.1 Å². The highest BCUT2D eigenvalue weighted by atomic mass is 35.5. The number of halogens is 1. The normalized spacial score (nSPS) is 13.3. The maximum atomic E-state index is 12.5. The summed E-state index contributed by atoms with van der Waals surface area (Å²) in [6.45, 7) is 1.18. The lowest BCUT2D eigenvalue weighted by atomic mass is 10.1. The molecule has 3 aromatic rings. The average Bonchev–Trinajstić information content (AvgIpc) is 3.26. The molecular weight excluding hydrogens is 368 g/mol. The lowest BCUT2D eigenvalue weighted by Crippen LogP contribution is -2.41. The molecule has 1 aliphatic heterocycles. The maximum absolute atomic E-state index is 12.5. The number of rotatable bonds is 3. The predicted molar refractivity (Wildman–Crippen MR) is 102 cm³/mol. The number of anilines is 1. The standard InChI is InChI=1S/C19H17ClN4O3/c20-16-15(18(21)25)13-11-23(19(26)22-14-7-4-10-27-14)8-9-24(13)17(16)12-5-2-1-3-6-12/h1-7,10H,8-9,11H2,(H2,21,25)(H,22,26). The molecule has 3 heterocycles. The lowest BCUT2D eigenvalue weighted by molar-refractivity contribution is 0.0997. The van der Waals surface area contributed by atoms with Crippen molar-refractivity contribution >= 4 is 29.4 Å². The van der Waals surface area contributed by atoms with Crippen LogP contribution in [0.3, 0.4) is 0 Å². The smallest absolute Gasteiger partial charge is 0.324 e. The number of carbonyl (C=O) groups excluding carboxylic acids is 2. The van der Waals surface area contributed by atoms with Crippen LogP contribution in [0.25, 0.3) is 11.3 Å². The Morgan fingerprint density at radius 3 is 2.56 bits per heavy atom. The average molecular weight is 385 g/mol. The van der Waals surface area contributed by atoms with Gasteiger partial charge in [0.2, 0.25) is 5.88 Å². The van der Waals surface area contributed by atoms with E-state index in [1.54, 1.807) is 17.0 Å². The number of aromatic nitrogens is 1. The van der Waals surface area contributed by atoms with E-state index in [2.05, 4.69) is 5.32 Å². The van der Waals surface area contributed by atoms with Gasteiger partial charge in [-0.3, -0.25) is 10.1 Å². The van der Waals surface area contributed by atoms with Crippen LogP contribution in [-0.4, -0.2) is 28.0 Å². The van der Waals surface area contributed by atoms with E-state index in [1.807, 2.05) is 34.9 Å². The number of primary amides is 1. The van der Waals surface area contributed by atoms with Crippen molar-refractivity contribution in [1.82, 2.24) is 9.47 Å². The molecule has 3 N–H and O–H groups in total.